The van der Waals surface area contributed by atoms with Gasteiger partial charge in [-0.15, -0.1) is 0 Å². The van der Waals surface area contributed by atoms with Crippen molar-refractivity contribution >= 4 is 12.2 Å². The smallest absolute Gasteiger partial charge is 0.141 e. The zero-order chi connectivity index (χ0) is 13.8. The third kappa shape index (κ3) is 2.91. The van der Waals surface area contributed by atoms with Gasteiger partial charge in [0, 0.05) is 18.4 Å². The molecule has 0 saturated heterocycles. The van der Waals surface area contributed by atoms with Gasteiger partial charge in [-0.3, -0.25) is 0 Å². The van der Waals surface area contributed by atoms with Gasteiger partial charge in [-0.2, -0.15) is 0 Å². The van der Waals surface area contributed by atoms with E-state index in [1.807, 2.05) is 37.3 Å². The van der Waals surface area contributed by atoms with Crippen LogP contribution in [-0.2, 0) is 11.2 Å². The predicted molar refractivity (Wildman–Crippen MR) is 78.8 cm³/mol. The molecule has 1 N–H and O–H groups in total. The number of rotatable bonds is 4. The van der Waals surface area contributed by atoms with E-state index in [2.05, 4.69) is 16.9 Å². The van der Waals surface area contributed by atoms with Crippen LogP contribution in [0.25, 0.3) is 0 Å². The largest absolute Gasteiger partial charge is 0.369 e. The Hall–Kier alpha value is -1.52. The van der Waals surface area contributed by atoms with Crippen LogP contribution in [0.4, 0.5) is 0 Å². The molecule has 1 atom stereocenters. The lowest BCUT2D eigenvalue weighted by atomic mass is 10.1. The predicted octanol–water partition coefficient (Wildman–Crippen LogP) is 3.75. The summed E-state index contributed by atoms with van der Waals surface area (Å²) in [4.78, 5) is 7.81. The SMILES string of the molecule is CCc1[nH]c(C(OC)c2ccccc2)nc(=S)c1C. The Bertz CT molecular complexity index is 607. The zero-order valence-corrected chi connectivity index (χ0v) is 12.3. The van der Waals surface area contributed by atoms with Gasteiger partial charge in [-0.1, -0.05) is 49.5 Å². The summed E-state index contributed by atoms with van der Waals surface area (Å²) in [6, 6.07) is 10.0. The highest BCUT2D eigenvalue weighted by Crippen LogP contribution is 2.23. The molecular formula is C15H18N2OS. The molecule has 0 aliphatic heterocycles. The Kier molecular flexibility index (Phi) is 4.45. The third-order valence-electron chi connectivity index (χ3n) is 3.21. The van der Waals surface area contributed by atoms with Gasteiger partial charge in [0.15, 0.2) is 0 Å². The lowest BCUT2D eigenvalue weighted by Crippen LogP contribution is -2.11. The second kappa shape index (κ2) is 6.08. The van der Waals surface area contributed by atoms with E-state index < -0.39 is 0 Å². The molecule has 1 aromatic carbocycles. The lowest BCUT2D eigenvalue weighted by Gasteiger charge is -2.17. The van der Waals surface area contributed by atoms with Crippen LogP contribution in [0, 0.1) is 11.6 Å². The first-order valence-electron chi connectivity index (χ1n) is 6.34. The number of aromatic amines is 1. The molecule has 0 spiro atoms. The van der Waals surface area contributed by atoms with Crippen LogP contribution in [0.2, 0.25) is 0 Å². The summed E-state index contributed by atoms with van der Waals surface area (Å²) >= 11 is 5.32. The van der Waals surface area contributed by atoms with Crippen molar-refractivity contribution < 1.29 is 4.74 Å². The molecule has 0 aliphatic rings. The van der Waals surface area contributed by atoms with Crippen LogP contribution in [0.1, 0.15) is 35.7 Å². The summed E-state index contributed by atoms with van der Waals surface area (Å²) in [5.41, 5.74) is 3.23. The van der Waals surface area contributed by atoms with E-state index in [0.29, 0.717) is 4.64 Å². The molecule has 1 heterocycles. The third-order valence-corrected chi connectivity index (χ3v) is 3.61. The van der Waals surface area contributed by atoms with E-state index in [0.717, 1.165) is 29.1 Å². The Morgan fingerprint density at radius 2 is 2.00 bits per heavy atom. The van der Waals surface area contributed by atoms with Gasteiger partial charge in [0.25, 0.3) is 0 Å². The maximum absolute atomic E-state index is 5.58. The van der Waals surface area contributed by atoms with Crippen LogP contribution in [-0.4, -0.2) is 17.1 Å². The van der Waals surface area contributed by atoms with Crippen molar-refractivity contribution in [3.05, 3.63) is 57.6 Å². The fourth-order valence-electron chi connectivity index (χ4n) is 2.11. The average Bonchev–Trinajstić information content (AvgIpc) is 2.44. The van der Waals surface area contributed by atoms with Gasteiger partial charge >= 0.3 is 0 Å². The molecule has 2 rings (SSSR count). The van der Waals surface area contributed by atoms with E-state index in [1.165, 1.54) is 0 Å². The molecule has 0 amide bonds. The molecule has 100 valence electrons. The van der Waals surface area contributed by atoms with Crippen molar-refractivity contribution in [1.29, 1.82) is 0 Å². The van der Waals surface area contributed by atoms with Crippen molar-refractivity contribution in [2.45, 2.75) is 26.4 Å². The summed E-state index contributed by atoms with van der Waals surface area (Å²) in [5, 5.41) is 0. The first-order chi connectivity index (χ1) is 9.17. The maximum atomic E-state index is 5.58. The fraction of sp³-hybridized carbons (Fsp3) is 0.333. The summed E-state index contributed by atoms with van der Waals surface area (Å²) in [7, 11) is 1.68. The Labute approximate surface area is 118 Å². The number of nitrogens with zero attached hydrogens (tertiary/aromatic N) is 1. The quantitative estimate of drug-likeness (QED) is 0.863. The van der Waals surface area contributed by atoms with Crippen LogP contribution >= 0.6 is 12.2 Å². The van der Waals surface area contributed by atoms with E-state index >= 15 is 0 Å². The molecule has 0 aliphatic carbocycles. The second-order valence-electron chi connectivity index (χ2n) is 4.41. The van der Waals surface area contributed by atoms with Gasteiger partial charge in [0.1, 0.15) is 16.6 Å². The fourth-order valence-corrected chi connectivity index (χ4v) is 2.33. The zero-order valence-electron chi connectivity index (χ0n) is 11.4. The van der Waals surface area contributed by atoms with Crippen molar-refractivity contribution in [3.63, 3.8) is 0 Å². The molecule has 19 heavy (non-hydrogen) atoms. The van der Waals surface area contributed by atoms with Gasteiger partial charge in [-0.05, 0) is 18.9 Å². The van der Waals surface area contributed by atoms with E-state index in [1.54, 1.807) is 7.11 Å². The minimum absolute atomic E-state index is 0.214. The van der Waals surface area contributed by atoms with Gasteiger partial charge in [0.05, 0.1) is 0 Å². The molecule has 1 aromatic heterocycles. The van der Waals surface area contributed by atoms with Crippen molar-refractivity contribution in [2.75, 3.05) is 7.11 Å². The molecule has 1 unspecified atom stereocenters. The van der Waals surface area contributed by atoms with Gasteiger partial charge in [-0.25, -0.2) is 4.98 Å². The van der Waals surface area contributed by atoms with Gasteiger partial charge < -0.3 is 9.72 Å². The van der Waals surface area contributed by atoms with E-state index in [-0.39, 0.29) is 6.10 Å². The monoisotopic (exact) mass is 274 g/mol. The molecule has 0 bridgehead atoms. The highest BCUT2D eigenvalue weighted by atomic mass is 32.1. The topological polar surface area (TPSA) is 37.9 Å². The van der Waals surface area contributed by atoms with E-state index in [9.17, 15) is 0 Å². The maximum Gasteiger partial charge on any atom is 0.141 e. The minimum atomic E-state index is -0.214. The van der Waals surface area contributed by atoms with Crippen LogP contribution < -0.4 is 0 Å². The number of hydrogen-bond donors (Lipinski definition) is 1. The van der Waals surface area contributed by atoms with Gasteiger partial charge in [0.2, 0.25) is 0 Å². The molecule has 0 saturated carbocycles. The van der Waals surface area contributed by atoms with E-state index in [4.69, 9.17) is 17.0 Å². The summed E-state index contributed by atoms with van der Waals surface area (Å²) < 4.78 is 6.22. The molecule has 2 aromatic rings. The Balaban J connectivity index is 2.51. The lowest BCUT2D eigenvalue weighted by molar-refractivity contribution is 0.128. The number of methoxy groups -OCH3 is 1. The molecule has 3 nitrogen and oxygen atoms in total. The Morgan fingerprint density at radius 1 is 1.32 bits per heavy atom. The van der Waals surface area contributed by atoms with Crippen molar-refractivity contribution in [2.24, 2.45) is 0 Å². The molecule has 0 fully saturated rings. The molecule has 0 radical (unpaired) electrons. The highest BCUT2D eigenvalue weighted by Gasteiger charge is 2.16. The van der Waals surface area contributed by atoms with Crippen LogP contribution in [0.5, 0.6) is 0 Å². The minimum Gasteiger partial charge on any atom is -0.369 e. The van der Waals surface area contributed by atoms with Crippen LogP contribution in [0.3, 0.4) is 0 Å². The number of aryl methyl sites for hydroxylation is 1. The summed E-state index contributed by atoms with van der Waals surface area (Å²) in [5.74, 6) is 0.765. The second-order valence-corrected chi connectivity index (χ2v) is 4.80. The first-order valence-corrected chi connectivity index (χ1v) is 6.75. The number of hydrogen-bond acceptors (Lipinski definition) is 3. The number of nitrogens with one attached hydrogen (secondary N) is 1. The summed E-state index contributed by atoms with van der Waals surface area (Å²) in [6.07, 6.45) is 0.685. The molecular weight excluding hydrogens is 256 g/mol. The first kappa shape index (κ1) is 13.9. The molecule has 4 heteroatoms. The highest BCUT2D eigenvalue weighted by molar-refractivity contribution is 7.71. The van der Waals surface area contributed by atoms with Crippen molar-refractivity contribution in [3.8, 4) is 0 Å². The number of aromatic nitrogens is 2. The Morgan fingerprint density at radius 3 is 2.58 bits per heavy atom. The average molecular weight is 274 g/mol. The number of benzene rings is 1. The summed E-state index contributed by atoms with van der Waals surface area (Å²) in [6.45, 7) is 4.10. The standard InChI is InChI=1S/C15H18N2OS/c1-4-12-10(2)15(19)17-14(16-12)13(18-3)11-8-6-5-7-9-11/h5-9,13H,4H2,1-3H3,(H,16,17,19). The normalized spacial score (nSPS) is 12.4. The number of H-pyrrole nitrogens is 1. The van der Waals surface area contributed by atoms with Crippen LogP contribution in [0.15, 0.2) is 30.3 Å². The van der Waals surface area contributed by atoms with Crippen molar-refractivity contribution in [1.82, 2.24) is 9.97 Å². The number of ether oxygens (including phenoxy) is 1.